The maximum atomic E-state index is 12.2. The molecule has 2 heterocycles. The molecule has 1 saturated carbocycles. The van der Waals surface area contributed by atoms with E-state index in [1.165, 1.54) is 0 Å². The minimum atomic E-state index is -0.389. The molecule has 5 heteroatoms. The number of carbonyl (C=O) groups excluding carboxylic acids is 1. The van der Waals surface area contributed by atoms with E-state index in [1.54, 1.807) is 0 Å². The molecule has 0 aromatic carbocycles. The number of nitrogens with zero attached hydrogens (tertiary/aromatic N) is 1. The van der Waals surface area contributed by atoms with Crippen LogP contribution in [0.1, 0.15) is 26.2 Å². The third-order valence-electron chi connectivity index (χ3n) is 4.08. The molecule has 0 aromatic rings. The van der Waals surface area contributed by atoms with E-state index in [-0.39, 0.29) is 23.7 Å². The molecule has 3 rings (SSSR count). The smallest absolute Gasteiger partial charge is 0.228 e. The van der Waals surface area contributed by atoms with Crippen molar-refractivity contribution in [1.82, 2.24) is 4.90 Å². The lowest BCUT2D eigenvalue weighted by Crippen LogP contribution is -2.48. The highest BCUT2D eigenvalue weighted by Gasteiger charge is 2.48. The van der Waals surface area contributed by atoms with Crippen LogP contribution in [0.2, 0.25) is 0 Å². The predicted molar refractivity (Wildman–Crippen MR) is 64.0 cm³/mol. The molecule has 5 nitrogen and oxygen atoms in total. The molecule has 2 saturated heterocycles. The molecule has 102 valence electrons. The van der Waals surface area contributed by atoms with Gasteiger partial charge in [-0.15, -0.1) is 0 Å². The topological polar surface area (TPSA) is 48.0 Å². The molecule has 0 bridgehead atoms. The zero-order valence-corrected chi connectivity index (χ0v) is 10.9. The van der Waals surface area contributed by atoms with Gasteiger partial charge in [0.1, 0.15) is 0 Å². The number of amides is 1. The van der Waals surface area contributed by atoms with E-state index in [0.717, 1.165) is 32.4 Å². The van der Waals surface area contributed by atoms with E-state index in [9.17, 15) is 4.79 Å². The summed E-state index contributed by atoms with van der Waals surface area (Å²) in [6, 6.07) is 0. The first-order valence-corrected chi connectivity index (χ1v) is 6.92. The lowest BCUT2D eigenvalue weighted by molar-refractivity contribution is -0.187. The maximum Gasteiger partial charge on any atom is 0.228 e. The number of hydrogen-bond acceptors (Lipinski definition) is 4. The zero-order chi connectivity index (χ0) is 12.6. The van der Waals surface area contributed by atoms with Gasteiger partial charge in [0.2, 0.25) is 5.91 Å². The lowest BCUT2D eigenvalue weighted by atomic mass is 10.0. The fourth-order valence-corrected chi connectivity index (χ4v) is 2.92. The number of likely N-dealkylation sites (tertiary alicyclic amines) is 1. The van der Waals surface area contributed by atoms with Gasteiger partial charge in [-0.3, -0.25) is 4.79 Å². The van der Waals surface area contributed by atoms with Crippen LogP contribution in [0, 0.1) is 5.92 Å². The van der Waals surface area contributed by atoms with Crippen molar-refractivity contribution in [3.8, 4) is 0 Å². The van der Waals surface area contributed by atoms with Crippen molar-refractivity contribution in [3.05, 3.63) is 0 Å². The molecule has 3 fully saturated rings. The van der Waals surface area contributed by atoms with Crippen molar-refractivity contribution in [2.24, 2.45) is 5.92 Å². The van der Waals surface area contributed by atoms with Crippen LogP contribution in [-0.2, 0) is 19.0 Å². The van der Waals surface area contributed by atoms with Gasteiger partial charge in [-0.1, -0.05) is 0 Å². The Morgan fingerprint density at radius 1 is 1.33 bits per heavy atom. The summed E-state index contributed by atoms with van der Waals surface area (Å²) in [6.45, 7) is 5.52. The Kier molecular flexibility index (Phi) is 3.30. The molecule has 0 radical (unpaired) electrons. The molecule has 1 aliphatic carbocycles. The summed E-state index contributed by atoms with van der Waals surface area (Å²) in [5, 5.41) is 0. The normalized spacial score (nSPS) is 33.9. The van der Waals surface area contributed by atoms with Crippen molar-refractivity contribution in [1.29, 1.82) is 0 Å². The Hall–Kier alpha value is -0.650. The Labute approximate surface area is 107 Å². The monoisotopic (exact) mass is 255 g/mol. The van der Waals surface area contributed by atoms with Gasteiger partial charge in [-0.25, -0.2) is 0 Å². The highest BCUT2D eigenvalue weighted by atomic mass is 16.7. The first-order valence-electron chi connectivity index (χ1n) is 6.92. The maximum absolute atomic E-state index is 12.2. The van der Waals surface area contributed by atoms with Gasteiger partial charge < -0.3 is 19.1 Å². The Morgan fingerprint density at radius 3 is 2.61 bits per heavy atom. The fraction of sp³-hybridized carbons (Fsp3) is 0.923. The summed E-state index contributed by atoms with van der Waals surface area (Å²) in [7, 11) is 0. The molecule has 18 heavy (non-hydrogen) atoms. The second-order valence-corrected chi connectivity index (χ2v) is 5.27. The molecule has 3 aliphatic rings. The SMILES string of the molecule is CCO[C@H]1C[C@H]1C(=O)N1CCC2(CC1)OCCO2. The second kappa shape index (κ2) is 4.79. The van der Waals surface area contributed by atoms with Crippen LogP contribution in [-0.4, -0.2) is 55.6 Å². The Bertz CT molecular complexity index is 317. The minimum absolute atomic E-state index is 0.101. The second-order valence-electron chi connectivity index (χ2n) is 5.27. The summed E-state index contributed by atoms with van der Waals surface area (Å²) in [4.78, 5) is 14.2. The Morgan fingerprint density at radius 2 is 2.00 bits per heavy atom. The average molecular weight is 255 g/mol. The summed E-state index contributed by atoms with van der Waals surface area (Å²) in [5.74, 6) is -0.0367. The number of piperidine rings is 1. The largest absolute Gasteiger partial charge is 0.378 e. The molecule has 2 aliphatic heterocycles. The third-order valence-corrected chi connectivity index (χ3v) is 4.08. The highest BCUT2D eigenvalue weighted by molar-refractivity contribution is 5.82. The van der Waals surface area contributed by atoms with E-state index in [4.69, 9.17) is 14.2 Å². The van der Waals surface area contributed by atoms with Crippen LogP contribution >= 0.6 is 0 Å². The van der Waals surface area contributed by atoms with Gasteiger partial charge in [0.05, 0.1) is 25.2 Å². The first-order chi connectivity index (χ1) is 8.74. The van der Waals surface area contributed by atoms with Gasteiger partial charge in [0.25, 0.3) is 0 Å². The molecular formula is C13H21NO4. The summed E-state index contributed by atoms with van der Waals surface area (Å²) >= 11 is 0. The number of ether oxygens (including phenoxy) is 3. The van der Waals surface area contributed by atoms with E-state index in [2.05, 4.69) is 0 Å². The standard InChI is InChI=1S/C13H21NO4/c1-2-16-11-9-10(11)12(15)14-5-3-13(4-6-14)17-7-8-18-13/h10-11H,2-9H2,1H3/t10-,11+/m1/s1. The van der Waals surface area contributed by atoms with Gasteiger partial charge in [-0.05, 0) is 13.3 Å². The van der Waals surface area contributed by atoms with E-state index in [1.807, 2.05) is 11.8 Å². The molecular weight excluding hydrogens is 234 g/mol. The number of hydrogen-bond donors (Lipinski definition) is 0. The summed E-state index contributed by atoms with van der Waals surface area (Å²) in [5.41, 5.74) is 0. The first kappa shape index (κ1) is 12.4. The Balaban J connectivity index is 1.49. The van der Waals surface area contributed by atoms with Gasteiger partial charge in [-0.2, -0.15) is 0 Å². The summed E-state index contributed by atoms with van der Waals surface area (Å²) in [6.07, 6.45) is 2.65. The van der Waals surface area contributed by atoms with Crippen LogP contribution in [0.3, 0.4) is 0 Å². The van der Waals surface area contributed by atoms with Gasteiger partial charge in [0.15, 0.2) is 5.79 Å². The van der Waals surface area contributed by atoms with Crippen LogP contribution < -0.4 is 0 Å². The molecule has 0 unspecified atom stereocenters. The minimum Gasteiger partial charge on any atom is -0.378 e. The summed E-state index contributed by atoms with van der Waals surface area (Å²) < 4.78 is 16.8. The van der Waals surface area contributed by atoms with Crippen molar-refractivity contribution in [2.45, 2.75) is 38.1 Å². The van der Waals surface area contributed by atoms with Gasteiger partial charge >= 0.3 is 0 Å². The van der Waals surface area contributed by atoms with E-state index in [0.29, 0.717) is 19.8 Å². The van der Waals surface area contributed by atoms with E-state index >= 15 is 0 Å². The van der Waals surface area contributed by atoms with Crippen LogP contribution in [0.5, 0.6) is 0 Å². The average Bonchev–Trinajstić information content (AvgIpc) is 3.02. The predicted octanol–water partition coefficient (Wildman–Crippen LogP) is 0.777. The fourth-order valence-electron chi connectivity index (χ4n) is 2.92. The van der Waals surface area contributed by atoms with Crippen LogP contribution in [0.15, 0.2) is 0 Å². The van der Waals surface area contributed by atoms with Gasteiger partial charge in [0, 0.05) is 32.5 Å². The molecule has 0 N–H and O–H groups in total. The van der Waals surface area contributed by atoms with Crippen molar-refractivity contribution < 1.29 is 19.0 Å². The van der Waals surface area contributed by atoms with Crippen molar-refractivity contribution in [3.63, 3.8) is 0 Å². The molecule has 0 aromatic heterocycles. The van der Waals surface area contributed by atoms with Crippen LogP contribution in [0.4, 0.5) is 0 Å². The number of rotatable bonds is 3. The molecule has 1 spiro atoms. The highest BCUT2D eigenvalue weighted by Crippen LogP contribution is 2.38. The molecule has 2 atom stereocenters. The van der Waals surface area contributed by atoms with Crippen molar-refractivity contribution in [2.75, 3.05) is 32.9 Å². The zero-order valence-electron chi connectivity index (χ0n) is 10.9. The number of carbonyl (C=O) groups is 1. The third kappa shape index (κ3) is 2.27. The van der Waals surface area contributed by atoms with Crippen molar-refractivity contribution >= 4 is 5.91 Å². The van der Waals surface area contributed by atoms with Crippen LogP contribution in [0.25, 0.3) is 0 Å². The lowest BCUT2D eigenvalue weighted by Gasteiger charge is -2.37. The van der Waals surface area contributed by atoms with E-state index < -0.39 is 0 Å². The quantitative estimate of drug-likeness (QED) is 0.747. The molecule has 1 amide bonds.